The third-order valence-corrected chi connectivity index (χ3v) is 4.38. The van der Waals surface area contributed by atoms with Crippen LogP contribution in [0.3, 0.4) is 0 Å². The molecule has 0 amide bonds. The van der Waals surface area contributed by atoms with E-state index in [4.69, 9.17) is 0 Å². The van der Waals surface area contributed by atoms with Crippen molar-refractivity contribution < 1.29 is 4.79 Å². The van der Waals surface area contributed by atoms with Gasteiger partial charge < -0.3 is 0 Å². The molecular formula is C20H26O. The molecule has 21 heavy (non-hydrogen) atoms. The summed E-state index contributed by atoms with van der Waals surface area (Å²) in [6.07, 6.45) is 3.86. The zero-order chi connectivity index (χ0) is 15.8. The molecule has 0 aromatic heterocycles. The highest BCUT2D eigenvalue weighted by Gasteiger charge is 2.36. The van der Waals surface area contributed by atoms with Crippen LogP contribution in [-0.2, 0) is 10.2 Å². The van der Waals surface area contributed by atoms with Crippen molar-refractivity contribution in [2.45, 2.75) is 53.4 Å². The van der Waals surface area contributed by atoms with E-state index in [1.807, 2.05) is 13.0 Å². The summed E-state index contributed by atoms with van der Waals surface area (Å²) in [5, 5.41) is 0. The maximum absolute atomic E-state index is 11.5. The average Bonchev–Trinajstić information content (AvgIpc) is 2.38. The van der Waals surface area contributed by atoms with Crippen LogP contribution in [0, 0.1) is 5.41 Å². The van der Waals surface area contributed by atoms with E-state index in [9.17, 15) is 4.79 Å². The lowest BCUT2D eigenvalue weighted by atomic mass is 9.64. The van der Waals surface area contributed by atoms with Gasteiger partial charge in [-0.2, -0.15) is 0 Å². The summed E-state index contributed by atoms with van der Waals surface area (Å²) in [4.78, 5) is 11.5. The van der Waals surface area contributed by atoms with E-state index in [0.29, 0.717) is 0 Å². The molecule has 0 fully saturated rings. The van der Waals surface area contributed by atoms with Crippen LogP contribution in [0.1, 0.15) is 59.1 Å². The first kappa shape index (κ1) is 15.8. The van der Waals surface area contributed by atoms with Gasteiger partial charge in [0.25, 0.3) is 0 Å². The van der Waals surface area contributed by atoms with Crippen molar-refractivity contribution in [3.8, 4) is 0 Å². The molecule has 0 spiro atoms. The number of allylic oxidation sites excluding steroid dienone is 4. The monoisotopic (exact) mass is 282 g/mol. The molecule has 0 atom stereocenters. The normalized spacial score (nSPS) is 18.5. The summed E-state index contributed by atoms with van der Waals surface area (Å²) in [6, 6.07) is 8.64. The Labute approximate surface area is 128 Å². The van der Waals surface area contributed by atoms with Crippen LogP contribution in [0.2, 0.25) is 0 Å². The molecule has 0 unspecified atom stereocenters. The van der Waals surface area contributed by atoms with Crippen molar-refractivity contribution in [3.63, 3.8) is 0 Å². The van der Waals surface area contributed by atoms with Crippen LogP contribution < -0.4 is 0 Å². The number of rotatable bonds is 2. The lowest BCUT2D eigenvalue weighted by Gasteiger charge is -2.40. The van der Waals surface area contributed by atoms with Crippen LogP contribution in [0.15, 0.2) is 41.5 Å². The van der Waals surface area contributed by atoms with E-state index in [1.165, 1.54) is 22.3 Å². The topological polar surface area (TPSA) is 17.1 Å². The summed E-state index contributed by atoms with van der Waals surface area (Å²) in [5.74, 6) is 0. The Morgan fingerprint density at radius 1 is 1.19 bits per heavy atom. The lowest BCUT2D eigenvalue weighted by Crippen LogP contribution is -2.28. The molecule has 0 saturated heterocycles. The molecule has 1 aliphatic carbocycles. The van der Waals surface area contributed by atoms with Gasteiger partial charge in [-0.3, -0.25) is 4.79 Å². The van der Waals surface area contributed by atoms with Gasteiger partial charge in [-0.25, -0.2) is 0 Å². The predicted molar refractivity (Wildman–Crippen MR) is 90.3 cm³/mol. The molecule has 1 aliphatic rings. The third-order valence-electron chi connectivity index (χ3n) is 4.38. The second-order valence-corrected chi connectivity index (χ2v) is 7.57. The first-order valence-electron chi connectivity index (χ1n) is 7.67. The van der Waals surface area contributed by atoms with Gasteiger partial charge in [-0.05, 0) is 46.4 Å². The maximum Gasteiger partial charge on any atom is 0.150 e. The Hall–Kier alpha value is -1.63. The summed E-state index contributed by atoms with van der Waals surface area (Å²) in [7, 11) is 0. The molecule has 0 aliphatic heterocycles. The van der Waals surface area contributed by atoms with Gasteiger partial charge in [-0.15, -0.1) is 0 Å². The second kappa shape index (κ2) is 5.29. The fraction of sp³-hybridized carbons (Fsp3) is 0.450. The molecule has 1 heteroatoms. The molecule has 0 bridgehead atoms. The fourth-order valence-electron chi connectivity index (χ4n) is 3.50. The van der Waals surface area contributed by atoms with Gasteiger partial charge in [0.2, 0.25) is 0 Å². The van der Waals surface area contributed by atoms with E-state index < -0.39 is 0 Å². The minimum absolute atomic E-state index is 0.0131. The molecule has 1 aromatic rings. The largest absolute Gasteiger partial charge is 0.298 e. The van der Waals surface area contributed by atoms with Gasteiger partial charge in [0.15, 0.2) is 0 Å². The summed E-state index contributed by atoms with van der Waals surface area (Å²) >= 11 is 0. The Morgan fingerprint density at radius 2 is 1.81 bits per heavy atom. The summed E-state index contributed by atoms with van der Waals surface area (Å²) < 4.78 is 0. The molecular weight excluding hydrogens is 256 g/mol. The van der Waals surface area contributed by atoms with E-state index in [1.54, 1.807) is 0 Å². The molecule has 0 N–H and O–H groups in total. The van der Waals surface area contributed by atoms with Gasteiger partial charge in [0.1, 0.15) is 6.29 Å². The van der Waals surface area contributed by atoms with Crippen LogP contribution in [0.5, 0.6) is 0 Å². The van der Waals surface area contributed by atoms with Crippen molar-refractivity contribution in [1.29, 1.82) is 0 Å². The van der Waals surface area contributed by atoms with Crippen molar-refractivity contribution in [2.24, 2.45) is 5.41 Å². The molecule has 112 valence electrons. The molecule has 1 aromatic carbocycles. The van der Waals surface area contributed by atoms with Crippen LogP contribution >= 0.6 is 0 Å². The van der Waals surface area contributed by atoms with Crippen molar-refractivity contribution in [1.82, 2.24) is 0 Å². The van der Waals surface area contributed by atoms with Crippen LogP contribution in [0.25, 0.3) is 5.57 Å². The smallest absolute Gasteiger partial charge is 0.150 e. The van der Waals surface area contributed by atoms with Gasteiger partial charge in [-0.1, -0.05) is 65.0 Å². The molecule has 0 saturated carbocycles. The van der Waals surface area contributed by atoms with Gasteiger partial charge in [0.05, 0.1) is 0 Å². The number of hydrogen-bond acceptors (Lipinski definition) is 1. The van der Waals surface area contributed by atoms with E-state index in [2.05, 4.69) is 58.9 Å². The third kappa shape index (κ3) is 2.74. The minimum Gasteiger partial charge on any atom is -0.298 e. The van der Waals surface area contributed by atoms with E-state index in [0.717, 1.165) is 18.3 Å². The Morgan fingerprint density at radius 3 is 2.33 bits per heavy atom. The highest BCUT2D eigenvalue weighted by atomic mass is 16.1. The van der Waals surface area contributed by atoms with Gasteiger partial charge >= 0.3 is 0 Å². The molecule has 1 nitrogen and oxygen atoms in total. The first-order chi connectivity index (χ1) is 9.72. The standard InChI is InChI=1S/C20H26O/c1-7-14(13-21)16-12-20(5,6)17-11-9-8-10-15(17)18(16)19(2,3)4/h7-11,13H,12H2,1-6H3. The molecule has 0 radical (unpaired) electrons. The van der Waals surface area contributed by atoms with Gasteiger partial charge in [0, 0.05) is 5.57 Å². The first-order valence-corrected chi connectivity index (χ1v) is 7.67. The van der Waals surface area contributed by atoms with Crippen molar-refractivity contribution in [2.75, 3.05) is 0 Å². The molecule has 2 rings (SSSR count). The Bertz CT molecular complexity index is 621. The highest BCUT2D eigenvalue weighted by Crippen LogP contribution is 2.50. The van der Waals surface area contributed by atoms with Crippen molar-refractivity contribution in [3.05, 3.63) is 52.6 Å². The fourth-order valence-corrected chi connectivity index (χ4v) is 3.50. The number of carbonyl (C=O) groups excluding carboxylic acids is 1. The Kier molecular flexibility index (Phi) is 3.97. The number of fused-ring (bicyclic) bond motifs is 1. The van der Waals surface area contributed by atoms with E-state index >= 15 is 0 Å². The quantitative estimate of drug-likeness (QED) is 0.530. The number of carbonyl (C=O) groups is 1. The average molecular weight is 282 g/mol. The summed E-state index contributed by atoms with van der Waals surface area (Å²) in [5.41, 5.74) is 6.12. The number of aldehydes is 1. The highest BCUT2D eigenvalue weighted by molar-refractivity contribution is 5.90. The minimum atomic E-state index is 0.0131. The summed E-state index contributed by atoms with van der Waals surface area (Å²) in [6.45, 7) is 13.2. The maximum atomic E-state index is 11.5. The second-order valence-electron chi connectivity index (χ2n) is 7.57. The zero-order valence-corrected chi connectivity index (χ0v) is 14.1. The Balaban J connectivity index is 2.85. The number of benzene rings is 1. The van der Waals surface area contributed by atoms with E-state index in [-0.39, 0.29) is 10.8 Å². The van der Waals surface area contributed by atoms with Crippen LogP contribution in [-0.4, -0.2) is 6.29 Å². The zero-order valence-electron chi connectivity index (χ0n) is 14.1. The lowest BCUT2D eigenvalue weighted by molar-refractivity contribution is -0.104. The number of hydrogen-bond donors (Lipinski definition) is 0. The van der Waals surface area contributed by atoms with Crippen LogP contribution in [0.4, 0.5) is 0 Å². The SMILES string of the molecule is CC=C(C=O)C1=C(C(C)(C)C)c2ccccc2C(C)(C)C1. The molecule has 0 heterocycles. The predicted octanol–water partition coefficient (Wildman–Crippen LogP) is 5.31. The van der Waals surface area contributed by atoms with Crippen molar-refractivity contribution >= 4 is 11.9 Å².